The van der Waals surface area contributed by atoms with Crippen molar-refractivity contribution >= 4 is 30.2 Å². The molecule has 1 atom stereocenters. The van der Waals surface area contributed by atoms with E-state index in [0.717, 1.165) is 11.1 Å². The number of hydrogen-bond donors (Lipinski definition) is 1. The number of aliphatic imine (C=N–C) groups is 2. The molecular formula is C18H19ClN4O2. The molecule has 1 aliphatic rings. The van der Waals surface area contributed by atoms with Crippen LogP contribution in [-0.4, -0.2) is 31.3 Å². The molecule has 0 radical (unpaired) electrons. The SMILES string of the molecule is C=N/C(=N\C=C(/C)C(=O)OCC)N[C@H]1Cc2cc(Cl)cc(C#N)c2C1. The van der Waals surface area contributed by atoms with E-state index >= 15 is 0 Å². The number of guanidine groups is 1. The number of halogens is 1. The van der Waals surface area contributed by atoms with Crippen LogP contribution >= 0.6 is 11.6 Å². The number of esters is 1. The second kappa shape index (κ2) is 8.45. The van der Waals surface area contributed by atoms with Crippen molar-refractivity contribution in [3.63, 3.8) is 0 Å². The Morgan fingerprint density at radius 1 is 1.56 bits per heavy atom. The Balaban J connectivity index is 2.10. The van der Waals surface area contributed by atoms with Gasteiger partial charge in [0.2, 0.25) is 5.96 Å². The number of carbonyl (C=O) groups is 1. The summed E-state index contributed by atoms with van der Waals surface area (Å²) >= 11 is 6.05. The first-order valence-electron chi connectivity index (χ1n) is 7.84. The lowest BCUT2D eigenvalue weighted by atomic mass is 10.0. The average Bonchev–Trinajstić information content (AvgIpc) is 2.99. The molecular weight excluding hydrogens is 340 g/mol. The fraction of sp³-hybridized carbons (Fsp3) is 0.333. The molecule has 2 rings (SSSR count). The molecule has 7 heteroatoms. The zero-order valence-electron chi connectivity index (χ0n) is 14.2. The van der Waals surface area contributed by atoms with Gasteiger partial charge >= 0.3 is 5.97 Å². The summed E-state index contributed by atoms with van der Waals surface area (Å²) in [6, 6.07) is 5.76. The average molecular weight is 359 g/mol. The van der Waals surface area contributed by atoms with Gasteiger partial charge in [0.25, 0.3) is 0 Å². The summed E-state index contributed by atoms with van der Waals surface area (Å²) in [5.41, 5.74) is 3.00. The number of nitriles is 1. The van der Waals surface area contributed by atoms with Crippen LogP contribution < -0.4 is 5.32 Å². The third kappa shape index (κ3) is 4.68. The number of rotatable bonds is 4. The van der Waals surface area contributed by atoms with Gasteiger partial charge in [0.1, 0.15) is 0 Å². The summed E-state index contributed by atoms with van der Waals surface area (Å²) < 4.78 is 4.90. The predicted molar refractivity (Wildman–Crippen MR) is 97.9 cm³/mol. The van der Waals surface area contributed by atoms with Crippen molar-refractivity contribution < 1.29 is 9.53 Å². The molecule has 0 saturated carbocycles. The third-order valence-electron chi connectivity index (χ3n) is 3.81. The summed E-state index contributed by atoms with van der Waals surface area (Å²) in [4.78, 5) is 19.6. The largest absolute Gasteiger partial charge is 0.463 e. The van der Waals surface area contributed by atoms with Crippen LogP contribution in [0.4, 0.5) is 0 Å². The molecule has 130 valence electrons. The highest BCUT2D eigenvalue weighted by atomic mass is 35.5. The van der Waals surface area contributed by atoms with Crippen molar-refractivity contribution in [1.29, 1.82) is 5.26 Å². The van der Waals surface area contributed by atoms with E-state index < -0.39 is 5.97 Å². The van der Waals surface area contributed by atoms with Gasteiger partial charge in [-0.15, -0.1) is 0 Å². The summed E-state index contributed by atoms with van der Waals surface area (Å²) in [7, 11) is 0. The van der Waals surface area contributed by atoms with Crippen LogP contribution in [0, 0.1) is 11.3 Å². The van der Waals surface area contributed by atoms with Gasteiger partial charge in [-0.1, -0.05) is 11.6 Å². The minimum atomic E-state index is -0.420. The number of benzene rings is 1. The number of ether oxygens (including phenoxy) is 1. The number of fused-ring (bicyclic) bond motifs is 1. The second-order valence-corrected chi connectivity index (χ2v) is 6.03. The summed E-state index contributed by atoms with van der Waals surface area (Å²) in [6.45, 7) is 7.17. The number of carbonyl (C=O) groups excluding carboxylic acids is 1. The van der Waals surface area contributed by atoms with E-state index in [1.165, 1.54) is 6.20 Å². The number of nitrogens with zero attached hydrogens (tertiary/aromatic N) is 3. The maximum absolute atomic E-state index is 11.6. The van der Waals surface area contributed by atoms with Crippen LogP contribution in [0.2, 0.25) is 5.02 Å². The van der Waals surface area contributed by atoms with Crippen LogP contribution in [0.15, 0.2) is 33.9 Å². The molecule has 1 aliphatic carbocycles. The van der Waals surface area contributed by atoms with Gasteiger partial charge in [-0.3, -0.25) is 0 Å². The van der Waals surface area contributed by atoms with E-state index in [1.54, 1.807) is 19.9 Å². The topological polar surface area (TPSA) is 86.8 Å². The standard InChI is InChI=1S/C18H19ClN4O2/c1-4-25-17(24)11(2)10-22-18(21-3)23-15-7-12-5-14(19)6-13(9-20)16(12)8-15/h5-6,10,15H,3-4,7-8H2,1-2H3,(H,22,23)/b11-10+/t15-/m0/s1. The third-order valence-corrected chi connectivity index (χ3v) is 4.02. The molecule has 0 aromatic heterocycles. The first kappa shape index (κ1) is 18.7. The molecule has 25 heavy (non-hydrogen) atoms. The number of hydrogen-bond acceptors (Lipinski definition) is 4. The molecule has 0 saturated heterocycles. The van der Waals surface area contributed by atoms with E-state index in [0.29, 0.717) is 41.6 Å². The van der Waals surface area contributed by atoms with Crippen molar-refractivity contribution in [3.8, 4) is 6.07 Å². The van der Waals surface area contributed by atoms with Crippen molar-refractivity contribution in [3.05, 3.63) is 45.6 Å². The van der Waals surface area contributed by atoms with E-state index in [4.69, 9.17) is 16.3 Å². The fourth-order valence-corrected chi connectivity index (χ4v) is 2.90. The number of nitrogens with one attached hydrogen (secondary N) is 1. The Labute approximate surface area is 151 Å². The van der Waals surface area contributed by atoms with E-state index in [2.05, 4.69) is 28.1 Å². The molecule has 0 fully saturated rings. The van der Waals surface area contributed by atoms with Gasteiger partial charge in [-0.2, -0.15) is 5.26 Å². The Hall–Kier alpha value is -2.65. The van der Waals surface area contributed by atoms with Gasteiger partial charge in [-0.25, -0.2) is 14.8 Å². The van der Waals surface area contributed by atoms with Crippen LogP contribution in [0.25, 0.3) is 0 Å². The minimum absolute atomic E-state index is 0.0288. The lowest BCUT2D eigenvalue weighted by Gasteiger charge is -2.12. The maximum Gasteiger partial charge on any atom is 0.335 e. The van der Waals surface area contributed by atoms with Crippen LogP contribution in [-0.2, 0) is 22.4 Å². The second-order valence-electron chi connectivity index (χ2n) is 5.60. The quantitative estimate of drug-likeness (QED) is 0.388. The maximum atomic E-state index is 11.6. The molecule has 0 unspecified atom stereocenters. The smallest absolute Gasteiger partial charge is 0.335 e. The van der Waals surface area contributed by atoms with Gasteiger partial charge in [0.15, 0.2) is 0 Å². The highest BCUT2D eigenvalue weighted by Gasteiger charge is 2.25. The molecule has 6 nitrogen and oxygen atoms in total. The van der Waals surface area contributed by atoms with Crippen molar-refractivity contribution in [1.82, 2.24) is 5.32 Å². The molecule has 0 aliphatic heterocycles. The molecule has 0 amide bonds. The summed E-state index contributed by atoms with van der Waals surface area (Å²) in [6.07, 6.45) is 2.78. The first-order chi connectivity index (χ1) is 12.0. The Bertz CT molecular complexity index is 793. The lowest BCUT2D eigenvalue weighted by Crippen LogP contribution is -2.34. The van der Waals surface area contributed by atoms with Crippen LogP contribution in [0.1, 0.15) is 30.5 Å². The lowest BCUT2D eigenvalue weighted by molar-refractivity contribution is -0.138. The van der Waals surface area contributed by atoms with Gasteiger partial charge in [0, 0.05) is 17.3 Å². The molecule has 1 aromatic rings. The first-order valence-corrected chi connectivity index (χ1v) is 8.22. The Morgan fingerprint density at radius 3 is 2.96 bits per heavy atom. The molecule has 0 bridgehead atoms. The van der Waals surface area contributed by atoms with Crippen LogP contribution in [0.5, 0.6) is 0 Å². The zero-order valence-corrected chi connectivity index (χ0v) is 14.9. The van der Waals surface area contributed by atoms with E-state index in [9.17, 15) is 10.1 Å². The fourth-order valence-electron chi connectivity index (χ4n) is 2.66. The Morgan fingerprint density at radius 2 is 2.32 bits per heavy atom. The minimum Gasteiger partial charge on any atom is -0.463 e. The van der Waals surface area contributed by atoms with Crippen molar-refractivity contribution in [2.24, 2.45) is 9.98 Å². The van der Waals surface area contributed by atoms with Crippen molar-refractivity contribution in [2.75, 3.05) is 6.61 Å². The highest BCUT2D eigenvalue weighted by molar-refractivity contribution is 6.30. The monoisotopic (exact) mass is 358 g/mol. The Kier molecular flexibility index (Phi) is 6.31. The normalized spacial score (nSPS) is 16.8. The summed E-state index contributed by atoms with van der Waals surface area (Å²) in [5, 5.41) is 13.0. The molecule has 0 heterocycles. The zero-order chi connectivity index (χ0) is 18.4. The van der Waals surface area contributed by atoms with Gasteiger partial charge in [-0.05, 0) is 56.7 Å². The van der Waals surface area contributed by atoms with E-state index in [1.807, 2.05) is 6.07 Å². The van der Waals surface area contributed by atoms with Crippen LogP contribution in [0.3, 0.4) is 0 Å². The van der Waals surface area contributed by atoms with E-state index in [-0.39, 0.29) is 6.04 Å². The van der Waals surface area contributed by atoms with Gasteiger partial charge in [0.05, 0.1) is 23.8 Å². The van der Waals surface area contributed by atoms with Crippen molar-refractivity contribution in [2.45, 2.75) is 32.7 Å². The highest BCUT2D eigenvalue weighted by Crippen LogP contribution is 2.29. The van der Waals surface area contributed by atoms with Gasteiger partial charge < -0.3 is 10.1 Å². The molecule has 1 N–H and O–H groups in total. The molecule has 0 spiro atoms. The summed E-state index contributed by atoms with van der Waals surface area (Å²) in [5.74, 6) is -0.109. The predicted octanol–water partition coefficient (Wildman–Crippen LogP) is 2.79. The molecule has 1 aromatic carbocycles.